The molecule has 0 amide bonds. The Morgan fingerprint density at radius 3 is 2.56 bits per heavy atom. The molecule has 0 N–H and O–H groups in total. The van der Waals surface area contributed by atoms with Gasteiger partial charge in [-0.2, -0.15) is 0 Å². The molecule has 0 aromatic heterocycles. The van der Waals surface area contributed by atoms with Crippen molar-refractivity contribution in [1.29, 1.82) is 0 Å². The van der Waals surface area contributed by atoms with E-state index in [-0.39, 0.29) is 0 Å². The lowest BCUT2D eigenvalue weighted by atomic mass is 10.0. The summed E-state index contributed by atoms with van der Waals surface area (Å²) in [6.45, 7) is 2.17. The van der Waals surface area contributed by atoms with Crippen molar-refractivity contribution in [1.82, 2.24) is 0 Å². The van der Waals surface area contributed by atoms with E-state index in [1.165, 1.54) is 16.3 Å². The van der Waals surface area contributed by atoms with E-state index < -0.39 is 0 Å². The smallest absolute Gasteiger partial charge is 0.0181 e. The van der Waals surface area contributed by atoms with Gasteiger partial charge in [-0.15, -0.1) is 0 Å². The fraction of sp³-hybridized carbons (Fsp3) is 0.250. The third kappa shape index (κ3) is 2.73. The Labute approximate surface area is 97.6 Å². The fourth-order valence-corrected chi connectivity index (χ4v) is 1.93. The first-order valence-corrected chi connectivity index (χ1v) is 6.03. The van der Waals surface area contributed by atoms with E-state index in [0.29, 0.717) is 0 Å². The molecule has 0 saturated heterocycles. The highest BCUT2D eigenvalue weighted by atomic mass is 14.0. The van der Waals surface area contributed by atoms with Crippen LogP contribution in [0.3, 0.4) is 0 Å². The standard InChI is InChI=1S/C16H18/c1-2-3-4-5-8-14-11-12-15-9-6-7-10-16(15)13-14/h3-4,6-7,9-13H,2,5,8H2,1H3. The summed E-state index contributed by atoms with van der Waals surface area (Å²) in [4.78, 5) is 0. The summed E-state index contributed by atoms with van der Waals surface area (Å²) in [6, 6.07) is 15.3. The highest BCUT2D eigenvalue weighted by Gasteiger charge is 1.94. The van der Waals surface area contributed by atoms with Crippen molar-refractivity contribution in [2.24, 2.45) is 0 Å². The zero-order chi connectivity index (χ0) is 11.2. The van der Waals surface area contributed by atoms with Crippen LogP contribution in [0.1, 0.15) is 25.3 Å². The Balaban J connectivity index is 2.10. The lowest BCUT2D eigenvalue weighted by Gasteiger charge is -2.01. The van der Waals surface area contributed by atoms with Crippen molar-refractivity contribution in [3.05, 3.63) is 60.2 Å². The van der Waals surface area contributed by atoms with Crippen LogP contribution < -0.4 is 0 Å². The van der Waals surface area contributed by atoms with Gasteiger partial charge in [-0.25, -0.2) is 0 Å². The van der Waals surface area contributed by atoms with Gasteiger partial charge in [-0.3, -0.25) is 0 Å². The van der Waals surface area contributed by atoms with Crippen LogP contribution >= 0.6 is 0 Å². The second-order valence-corrected chi connectivity index (χ2v) is 4.10. The fourth-order valence-electron chi connectivity index (χ4n) is 1.93. The van der Waals surface area contributed by atoms with E-state index in [4.69, 9.17) is 0 Å². The number of rotatable bonds is 4. The molecule has 0 nitrogen and oxygen atoms in total. The summed E-state index contributed by atoms with van der Waals surface area (Å²) < 4.78 is 0. The quantitative estimate of drug-likeness (QED) is 0.639. The Bertz CT molecular complexity index is 480. The second-order valence-electron chi connectivity index (χ2n) is 4.10. The van der Waals surface area contributed by atoms with Crippen LogP contribution in [0.4, 0.5) is 0 Å². The molecule has 0 unspecified atom stereocenters. The molecule has 0 heteroatoms. The van der Waals surface area contributed by atoms with Crippen LogP contribution in [-0.2, 0) is 6.42 Å². The summed E-state index contributed by atoms with van der Waals surface area (Å²) in [7, 11) is 0. The van der Waals surface area contributed by atoms with E-state index in [2.05, 4.69) is 61.5 Å². The Morgan fingerprint density at radius 2 is 1.75 bits per heavy atom. The molecule has 0 radical (unpaired) electrons. The van der Waals surface area contributed by atoms with Gasteiger partial charge in [-0.05, 0) is 35.6 Å². The van der Waals surface area contributed by atoms with Crippen molar-refractivity contribution < 1.29 is 0 Å². The average molecular weight is 210 g/mol. The summed E-state index contributed by atoms with van der Waals surface area (Å²) in [5.74, 6) is 0. The maximum Gasteiger partial charge on any atom is -0.0181 e. The second kappa shape index (κ2) is 5.50. The van der Waals surface area contributed by atoms with Crippen LogP contribution in [0.5, 0.6) is 0 Å². The molecule has 82 valence electrons. The average Bonchev–Trinajstić information content (AvgIpc) is 2.34. The van der Waals surface area contributed by atoms with E-state index in [1.807, 2.05) is 0 Å². The molecule has 0 heterocycles. The molecule has 2 rings (SSSR count). The molecule has 0 spiro atoms. The molecular formula is C16H18. The van der Waals surface area contributed by atoms with Gasteiger partial charge in [0.2, 0.25) is 0 Å². The van der Waals surface area contributed by atoms with E-state index in [0.717, 1.165) is 19.3 Å². The van der Waals surface area contributed by atoms with Gasteiger partial charge in [0, 0.05) is 0 Å². The number of allylic oxidation sites excluding steroid dienone is 2. The van der Waals surface area contributed by atoms with Gasteiger partial charge in [0.25, 0.3) is 0 Å². The molecule has 0 atom stereocenters. The predicted molar refractivity (Wildman–Crippen MR) is 71.7 cm³/mol. The number of hydrogen-bond donors (Lipinski definition) is 0. The van der Waals surface area contributed by atoms with Crippen molar-refractivity contribution in [2.45, 2.75) is 26.2 Å². The Kier molecular flexibility index (Phi) is 3.76. The van der Waals surface area contributed by atoms with E-state index in [9.17, 15) is 0 Å². The van der Waals surface area contributed by atoms with Crippen LogP contribution in [0.2, 0.25) is 0 Å². The van der Waals surface area contributed by atoms with Crippen LogP contribution in [-0.4, -0.2) is 0 Å². The first-order valence-electron chi connectivity index (χ1n) is 6.03. The van der Waals surface area contributed by atoms with Crippen LogP contribution in [0.25, 0.3) is 10.8 Å². The SMILES string of the molecule is CCC=CCCc1ccc2ccccc2c1. The minimum atomic E-state index is 1.14. The van der Waals surface area contributed by atoms with Crippen molar-refractivity contribution in [3.8, 4) is 0 Å². The van der Waals surface area contributed by atoms with Crippen molar-refractivity contribution in [3.63, 3.8) is 0 Å². The summed E-state index contributed by atoms with van der Waals surface area (Å²) in [5, 5.41) is 2.68. The first-order chi connectivity index (χ1) is 7.90. The minimum absolute atomic E-state index is 1.14. The maximum atomic E-state index is 2.30. The molecule has 2 aromatic carbocycles. The van der Waals surface area contributed by atoms with Crippen molar-refractivity contribution >= 4 is 10.8 Å². The zero-order valence-corrected chi connectivity index (χ0v) is 9.82. The first kappa shape index (κ1) is 10.9. The maximum absolute atomic E-state index is 2.30. The Hall–Kier alpha value is -1.56. The Morgan fingerprint density at radius 1 is 0.938 bits per heavy atom. The molecule has 0 fully saturated rings. The van der Waals surface area contributed by atoms with Gasteiger partial charge >= 0.3 is 0 Å². The van der Waals surface area contributed by atoms with E-state index >= 15 is 0 Å². The van der Waals surface area contributed by atoms with Gasteiger partial charge in [-0.1, -0.05) is 61.5 Å². The van der Waals surface area contributed by atoms with Gasteiger partial charge in [0.1, 0.15) is 0 Å². The molecule has 0 bridgehead atoms. The lowest BCUT2D eigenvalue weighted by molar-refractivity contribution is 0.994. The monoisotopic (exact) mass is 210 g/mol. The number of fused-ring (bicyclic) bond motifs is 1. The van der Waals surface area contributed by atoms with Gasteiger partial charge < -0.3 is 0 Å². The summed E-state index contributed by atoms with van der Waals surface area (Å²) in [6.07, 6.45) is 7.93. The highest BCUT2D eigenvalue weighted by molar-refractivity contribution is 5.82. The number of benzene rings is 2. The van der Waals surface area contributed by atoms with Crippen molar-refractivity contribution in [2.75, 3.05) is 0 Å². The topological polar surface area (TPSA) is 0 Å². The largest absolute Gasteiger partial charge is 0.0888 e. The molecule has 0 aliphatic rings. The predicted octanol–water partition coefficient (Wildman–Crippen LogP) is 4.74. The zero-order valence-electron chi connectivity index (χ0n) is 9.82. The highest BCUT2D eigenvalue weighted by Crippen LogP contribution is 2.16. The normalized spacial score (nSPS) is 11.3. The molecule has 0 aliphatic carbocycles. The minimum Gasteiger partial charge on any atom is -0.0888 e. The third-order valence-corrected chi connectivity index (χ3v) is 2.82. The molecule has 0 aliphatic heterocycles. The molecule has 2 aromatic rings. The number of aryl methyl sites for hydroxylation is 1. The summed E-state index contributed by atoms with van der Waals surface area (Å²) >= 11 is 0. The summed E-state index contributed by atoms with van der Waals surface area (Å²) in [5.41, 5.74) is 1.43. The molecular weight excluding hydrogens is 192 g/mol. The van der Waals surface area contributed by atoms with Crippen LogP contribution in [0, 0.1) is 0 Å². The molecule has 16 heavy (non-hydrogen) atoms. The number of hydrogen-bond acceptors (Lipinski definition) is 0. The van der Waals surface area contributed by atoms with Gasteiger partial charge in [0.05, 0.1) is 0 Å². The third-order valence-electron chi connectivity index (χ3n) is 2.82. The van der Waals surface area contributed by atoms with Crippen LogP contribution in [0.15, 0.2) is 54.6 Å². The lowest BCUT2D eigenvalue weighted by Crippen LogP contribution is -1.83. The van der Waals surface area contributed by atoms with Gasteiger partial charge in [0.15, 0.2) is 0 Å². The molecule has 0 saturated carbocycles. The van der Waals surface area contributed by atoms with E-state index in [1.54, 1.807) is 0 Å².